The van der Waals surface area contributed by atoms with Gasteiger partial charge >= 0.3 is 10.2 Å². The van der Waals surface area contributed by atoms with Crippen molar-refractivity contribution >= 4 is 16.1 Å². The molecule has 0 unspecified atom stereocenters. The molecule has 0 spiro atoms. The Morgan fingerprint density at radius 2 is 1.69 bits per heavy atom. The third-order valence-electron chi connectivity index (χ3n) is 4.48. The maximum atomic E-state index is 12.9. The van der Waals surface area contributed by atoms with Crippen LogP contribution in [0.3, 0.4) is 0 Å². The summed E-state index contributed by atoms with van der Waals surface area (Å²) in [4.78, 5) is 12.8. The van der Waals surface area contributed by atoms with E-state index in [0.717, 1.165) is 21.0 Å². The number of carbonyl (C=O) groups excluding carboxylic acids is 1. The topological polar surface area (TPSA) is 57.7 Å². The molecule has 0 bridgehead atoms. The monoisotopic (exact) mass is 370 g/mol. The molecule has 3 rings (SSSR count). The average Bonchev–Trinajstić information content (AvgIpc) is 2.79. The lowest BCUT2D eigenvalue weighted by Gasteiger charge is -2.21. The molecule has 2 aromatic rings. The van der Waals surface area contributed by atoms with E-state index in [1.165, 1.54) is 10.4 Å². The van der Waals surface area contributed by atoms with Crippen LogP contribution < -0.4 is 0 Å². The molecule has 1 aliphatic heterocycles. The summed E-state index contributed by atoms with van der Waals surface area (Å²) in [6, 6.07) is 16.4. The third kappa shape index (κ3) is 3.57. The Bertz CT molecular complexity index is 892. The SMILES string of the molecule is C=CCN1C(=O)[C@H](Cc2ccccc2)N(Cc2ccc(C)cc2)S1(=O)=O. The number of hydrogen-bond acceptors (Lipinski definition) is 3. The van der Waals surface area contributed by atoms with Gasteiger partial charge in [0.15, 0.2) is 0 Å². The predicted molar refractivity (Wildman–Crippen MR) is 101 cm³/mol. The van der Waals surface area contributed by atoms with E-state index in [-0.39, 0.29) is 13.1 Å². The van der Waals surface area contributed by atoms with Gasteiger partial charge in [0.05, 0.1) is 6.54 Å². The summed E-state index contributed by atoms with van der Waals surface area (Å²) in [6.07, 6.45) is 1.78. The lowest BCUT2D eigenvalue weighted by atomic mass is 10.0. The summed E-state index contributed by atoms with van der Waals surface area (Å²) >= 11 is 0. The average molecular weight is 370 g/mol. The lowest BCUT2D eigenvalue weighted by Crippen LogP contribution is -2.36. The van der Waals surface area contributed by atoms with Crippen molar-refractivity contribution in [3.63, 3.8) is 0 Å². The number of hydrogen-bond donors (Lipinski definition) is 0. The second kappa shape index (κ2) is 7.43. The molecule has 6 heteroatoms. The van der Waals surface area contributed by atoms with Crippen LogP contribution >= 0.6 is 0 Å². The molecule has 136 valence electrons. The normalized spacial score (nSPS) is 19.7. The second-order valence-electron chi connectivity index (χ2n) is 6.40. The van der Waals surface area contributed by atoms with Gasteiger partial charge in [-0.05, 0) is 24.5 Å². The minimum atomic E-state index is -3.87. The first-order valence-electron chi connectivity index (χ1n) is 8.47. The van der Waals surface area contributed by atoms with Crippen molar-refractivity contribution in [2.45, 2.75) is 25.9 Å². The van der Waals surface area contributed by atoms with Crippen LogP contribution in [-0.2, 0) is 28.0 Å². The highest BCUT2D eigenvalue weighted by molar-refractivity contribution is 7.87. The van der Waals surface area contributed by atoms with Gasteiger partial charge in [-0.2, -0.15) is 12.7 Å². The zero-order chi connectivity index (χ0) is 18.7. The van der Waals surface area contributed by atoms with E-state index in [9.17, 15) is 13.2 Å². The number of nitrogens with zero attached hydrogens (tertiary/aromatic N) is 2. The van der Waals surface area contributed by atoms with E-state index >= 15 is 0 Å². The molecule has 1 amide bonds. The summed E-state index contributed by atoms with van der Waals surface area (Å²) in [5, 5.41) is 0. The van der Waals surface area contributed by atoms with Crippen molar-refractivity contribution < 1.29 is 13.2 Å². The van der Waals surface area contributed by atoms with Crippen LogP contribution in [-0.4, -0.2) is 35.5 Å². The van der Waals surface area contributed by atoms with E-state index < -0.39 is 22.2 Å². The Morgan fingerprint density at radius 1 is 1.04 bits per heavy atom. The Hall–Kier alpha value is -2.44. The van der Waals surface area contributed by atoms with Crippen molar-refractivity contribution in [2.24, 2.45) is 0 Å². The summed E-state index contributed by atoms with van der Waals surface area (Å²) in [6.45, 7) is 5.70. The van der Waals surface area contributed by atoms with E-state index in [0.29, 0.717) is 6.42 Å². The maximum Gasteiger partial charge on any atom is 0.307 e. The highest BCUT2D eigenvalue weighted by Crippen LogP contribution is 2.28. The Balaban J connectivity index is 1.95. The lowest BCUT2D eigenvalue weighted by molar-refractivity contribution is -0.127. The van der Waals surface area contributed by atoms with Gasteiger partial charge in [-0.1, -0.05) is 66.2 Å². The predicted octanol–water partition coefficient (Wildman–Crippen LogP) is 2.68. The highest BCUT2D eigenvalue weighted by Gasteiger charge is 2.49. The second-order valence-corrected chi connectivity index (χ2v) is 8.21. The first-order valence-corrected chi connectivity index (χ1v) is 9.87. The molecular formula is C20H22N2O3S. The van der Waals surface area contributed by atoms with Crippen LogP contribution in [0.15, 0.2) is 67.3 Å². The first-order chi connectivity index (χ1) is 12.4. The molecule has 0 radical (unpaired) electrons. The number of amides is 1. The van der Waals surface area contributed by atoms with E-state index in [1.54, 1.807) is 0 Å². The molecular weight excluding hydrogens is 348 g/mol. The van der Waals surface area contributed by atoms with Crippen molar-refractivity contribution in [1.29, 1.82) is 0 Å². The zero-order valence-electron chi connectivity index (χ0n) is 14.7. The highest BCUT2D eigenvalue weighted by atomic mass is 32.2. The number of aryl methyl sites for hydroxylation is 1. The number of carbonyl (C=O) groups is 1. The smallest absolute Gasteiger partial charge is 0.272 e. The van der Waals surface area contributed by atoms with Crippen LogP contribution in [0.1, 0.15) is 16.7 Å². The van der Waals surface area contributed by atoms with E-state index in [4.69, 9.17) is 0 Å². The Morgan fingerprint density at radius 3 is 2.31 bits per heavy atom. The van der Waals surface area contributed by atoms with Gasteiger partial charge in [0.1, 0.15) is 6.04 Å². The molecule has 26 heavy (non-hydrogen) atoms. The van der Waals surface area contributed by atoms with Crippen molar-refractivity contribution in [3.05, 3.63) is 83.9 Å². The van der Waals surface area contributed by atoms with Crippen molar-refractivity contribution in [1.82, 2.24) is 8.61 Å². The van der Waals surface area contributed by atoms with Crippen LogP contribution in [0.5, 0.6) is 0 Å². The molecule has 1 atom stereocenters. The van der Waals surface area contributed by atoms with Crippen LogP contribution in [0.4, 0.5) is 0 Å². The van der Waals surface area contributed by atoms with Crippen LogP contribution in [0.2, 0.25) is 0 Å². The van der Waals surface area contributed by atoms with Gasteiger partial charge in [-0.3, -0.25) is 4.79 Å². The van der Waals surface area contributed by atoms with Gasteiger partial charge in [-0.25, -0.2) is 4.31 Å². The maximum absolute atomic E-state index is 12.9. The fourth-order valence-electron chi connectivity index (χ4n) is 3.08. The molecule has 1 aliphatic rings. The quantitative estimate of drug-likeness (QED) is 0.735. The molecule has 0 N–H and O–H groups in total. The molecule has 1 saturated heterocycles. The molecule has 0 aliphatic carbocycles. The molecule has 5 nitrogen and oxygen atoms in total. The number of benzene rings is 2. The fourth-order valence-corrected chi connectivity index (χ4v) is 4.78. The van der Waals surface area contributed by atoms with Crippen LogP contribution in [0, 0.1) is 6.92 Å². The standard InChI is InChI=1S/C20H22N2O3S/c1-3-13-21-20(23)19(14-17-7-5-4-6-8-17)22(26(21,24)25)15-18-11-9-16(2)10-12-18/h3-12,19H,1,13-15H2,2H3/t19-/m0/s1. The summed E-state index contributed by atoms with van der Waals surface area (Å²) in [5.41, 5.74) is 2.88. The van der Waals surface area contributed by atoms with Gasteiger partial charge < -0.3 is 0 Å². The van der Waals surface area contributed by atoms with E-state index in [1.807, 2.05) is 61.5 Å². The largest absolute Gasteiger partial charge is 0.307 e. The number of rotatable bonds is 6. The van der Waals surface area contributed by atoms with Gasteiger partial charge in [0, 0.05) is 6.54 Å². The Kier molecular flexibility index (Phi) is 5.25. The van der Waals surface area contributed by atoms with Gasteiger partial charge in [0.25, 0.3) is 5.91 Å². The summed E-state index contributed by atoms with van der Waals surface area (Å²) in [5.74, 6) is -0.402. The molecule has 1 heterocycles. The summed E-state index contributed by atoms with van der Waals surface area (Å²) < 4.78 is 28.1. The van der Waals surface area contributed by atoms with E-state index in [2.05, 4.69) is 6.58 Å². The molecule has 1 fully saturated rings. The van der Waals surface area contributed by atoms with Crippen molar-refractivity contribution in [3.8, 4) is 0 Å². The first kappa shape index (κ1) is 18.4. The minimum absolute atomic E-state index is 0.0170. The van der Waals surface area contributed by atoms with Gasteiger partial charge in [-0.15, -0.1) is 6.58 Å². The van der Waals surface area contributed by atoms with Gasteiger partial charge in [0.2, 0.25) is 0 Å². The molecule has 0 aromatic heterocycles. The van der Waals surface area contributed by atoms with Crippen molar-refractivity contribution in [2.75, 3.05) is 6.54 Å². The molecule has 2 aromatic carbocycles. The molecule has 0 saturated carbocycles. The minimum Gasteiger partial charge on any atom is -0.272 e. The fraction of sp³-hybridized carbons (Fsp3) is 0.250. The van der Waals surface area contributed by atoms with Crippen LogP contribution in [0.25, 0.3) is 0 Å². The zero-order valence-corrected chi connectivity index (χ0v) is 15.5. The Labute approximate surface area is 154 Å². The summed E-state index contributed by atoms with van der Waals surface area (Å²) in [7, 11) is -3.87. The third-order valence-corrected chi connectivity index (χ3v) is 6.34.